The smallest absolute Gasteiger partial charge is 0.261 e. The number of amides is 2. The molecule has 1 unspecified atom stereocenters. The summed E-state index contributed by atoms with van der Waals surface area (Å²) in [5.41, 5.74) is 0.840. The lowest BCUT2D eigenvalue weighted by molar-refractivity contribution is 0.0664. The monoisotopic (exact) mass is 427 g/mol. The fourth-order valence-corrected chi connectivity index (χ4v) is 4.67. The van der Waals surface area contributed by atoms with Crippen LogP contribution in [0.1, 0.15) is 52.8 Å². The SMILES string of the molecule is C=C/C(=C\C=C/C[S+]([O-])CCN1C(=O)c2ccccc2C1=O)OCC1CCCCC1. The summed E-state index contributed by atoms with van der Waals surface area (Å²) in [4.78, 5) is 25.8. The minimum Gasteiger partial charge on any atom is -0.616 e. The van der Waals surface area contributed by atoms with Crippen LogP contribution in [-0.2, 0) is 15.9 Å². The third kappa shape index (κ3) is 5.86. The van der Waals surface area contributed by atoms with E-state index in [1.807, 2.05) is 18.2 Å². The second-order valence-electron chi connectivity index (χ2n) is 7.63. The highest BCUT2D eigenvalue weighted by atomic mass is 32.2. The molecule has 0 spiro atoms. The molecule has 0 N–H and O–H groups in total. The summed E-state index contributed by atoms with van der Waals surface area (Å²) in [6.45, 7) is 4.66. The molecule has 1 atom stereocenters. The molecule has 0 radical (unpaired) electrons. The second kappa shape index (κ2) is 11.2. The molecule has 1 saturated carbocycles. The van der Waals surface area contributed by atoms with Gasteiger partial charge in [-0.25, -0.2) is 0 Å². The van der Waals surface area contributed by atoms with Crippen LogP contribution in [0.15, 0.2) is 60.9 Å². The lowest BCUT2D eigenvalue weighted by Gasteiger charge is -2.21. The van der Waals surface area contributed by atoms with Crippen molar-refractivity contribution in [3.63, 3.8) is 0 Å². The molecule has 2 aliphatic rings. The molecule has 1 aromatic rings. The van der Waals surface area contributed by atoms with Crippen molar-refractivity contribution in [2.45, 2.75) is 32.1 Å². The molecular formula is C24H29NO4S. The minimum atomic E-state index is -1.16. The van der Waals surface area contributed by atoms with E-state index in [0.717, 1.165) is 6.61 Å². The highest BCUT2D eigenvalue weighted by molar-refractivity contribution is 7.91. The summed E-state index contributed by atoms with van der Waals surface area (Å²) in [6, 6.07) is 6.77. The molecular weight excluding hydrogens is 398 g/mol. The first kappa shape index (κ1) is 22.4. The molecule has 0 saturated heterocycles. The largest absolute Gasteiger partial charge is 0.616 e. The maximum absolute atomic E-state index is 12.3. The molecule has 1 fully saturated rings. The standard InChI is InChI=1S/C24H29NO4S/c1-2-20(29-18-19-10-4-3-5-11-19)12-8-9-16-30(28)17-15-25-23(26)21-13-6-7-14-22(21)24(25)27/h2,6-9,12-14,19H,1,3-5,10-11,15-18H2/b9-8-,20-12+. The molecule has 0 bridgehead atoms. The highest BCUT2D eigenvalue weighted by Crippen LogP contribution is 2.24. The van der Waals surface area contributed by atoms with Crippen LogP contribution < -0.4 is 0 Å². The molecule has 5 nitrogen and oxygen atoms in total. The van der Waals surface area contributed by atoms with Gasteiger partial charge < -0.3 is 9.29 Å². The molecule has 1 aliphatic heterocycles. The number of hydrogen-bond donors (Lipinski definition) is 0. The van der Waals surface area contributed by atoms with Gasteiger partial charge in [-0.2, -0.15) is 0 Å². The third-order valence-electron chi connectivity index (χ3n) is 5.51. The predicted molar refractivity (Wildman–Crippen MR) is 120 cm³/mol. The van der Waals surface area contributed by atoms with Gasteiger partial charge in [-0.05, 0) is 60.3 Å². The van der Waals surface area contributed by atoms with E-state index < -0.39 is 11.2 Å². The zero-order valence-corrected chi connectivity index (χ0v) is 18.1. The Kier molecular flexibility index (Phi) is 8.34. The van der Waals surface area contributed by atoms with Crippen molar-refractivity contribution in [2.75, 3.05) is 24.7 Å². The van der Waals surface area contributed by atoms with Gasteiger partial charge >= 0.3 is 0 Å². The summed E-state index contributed by atoms with van der Waals surface area (Å²) in [5.74, 6) is 1.33. The normalized spacial score (nSPS) is 18.7. The highest BCUT2D eigenvalue weighted by Gasteiger charge is 2.35. The van der Waals surface area contributed by atoms with Crippen molar-refractivity contribution in [1.29, 1.82) is 0 Å². The van der Waals surface area contributed by atoms with Gasteiger partial charge in [-0.1, -0.05) is 44.1 Å². The average molecular weight is 428 g/mol. The molecule has 160 valence electrons. The number of hydrogen-bond acceptors (Lipinski definition) is 4. The first-order chi connectivity index (χ1) is 14.6. The number of rotatable bonds is 10. The molecule has 1 aliphatic carbocycles. The number of ether oxygens (including phenoxy) is 1. The first-order valence-electron chi connectivity index (χ1n) is 10.5. The summed E-state index contributed by atoms with van der Waals surface area (Å²) < 4.78 is 18.1. The lowest BCUT2D eigenvalue weighted by Crippen LogP contribution is -2.34. The van der Waals surface area contributed by atoms with Crippen LogP contribution in [0.4, 0.5) is 0 Å². The minimum absolute atomic E-state index is 0.158. The number of carbonyl (C=O) groups excluding carboxylic acids is 2. The average Bonchev–Trinajstić information content (AvgIpc) is 3.02. The number of imide groups is 1. The Morgan fingerprint density at radius 3 is 2.47 bits per heavy atom. The summed E-state index contributed by atoms with van der Waals surface area (Å²) >= 11 is -1.16. The van der Waals surface area contributed by atoms with E-state index in [-0.39, 0.29) is 24.1 Å². The van der Waals surface area contributed by atoms with Gasteiger partial charge in [-0.15, -0.1) is 0 Å². The van der Waals surface area contributed by atoms with Crippen LogP contribution in [-0.4, -0.2) is 45.9 Å². The van der Waals surface area contributed by atoms with E-state index in [4.69, 9.17) is 4.74 Å². The van der Waals surface area contributed by atoms with Crippen LogP contribution in [0, 0.1) is 5.92 Å². The van der Waals surface area contributed by atoms with Crippen LogP contribution >= 0.6 is 0 Å². The third-order valence-corrected chi connectivity index (χ3v) is 6.71. The Hall–Kier alpha value is -2.31. The van der Waals surface area contributed by atoms with E-state index >= 15 is 0 Å². The lowest BCUT2D eigenvalue weighted by atomic mass is 9.90. The Balaban J connectivity index is 1.40. The van der Waals surface area contributed by atoms with Crippen molar-refractivity contribution in [3.8, 4) is 0 Å². The predicted octanol–water partition coefficient (Wildman–Crippen LogP) is 4.25. The summed E-state index contributed by atoms with van der Waals surface area (Å²) in [5, 5.41) is 0. The second-order valence-corrected chi connectivity index (χ2v) is 9.26. The van der Waals surface area contributed by atoms with Crippen LogP contribution in [0.5, 0.6) is 0 Å². The van der Waals surface area contributed by atoms with Crippen molar-refractivity contribution < 1.29 is 18.9 Å². The number of nitrogens with zero attached hydrogens (tertiary/aromatic N) is 1. The molecule has 30 heavy (non-hydrogen) atoms. The fourth-order valence-electron chi connectivity index (χ4n) is 3.79. The Labute approximate surface area is 181 Å². The van der Waals surface area contributed by atoms with E-state index in [1.54, 1.807) is 30.3 Å². The van der Waals surface area contributed by atoms with Crippen LogP contribution in [0.3, 0.4) is 0 Å². The number of benzene rings is 1. The molecule has 2 amide bonds. The molecule has 6 heteroatoms. The Morgan fingerprint density at radius 1 is 1.17 bits per heavy atom. The van der Waals surface area contributed by atoms with Crippen molar-refractivity contribution in [1.82, 2.24) is 4.90 Å². The maximum Gasteiger partial charge on any atom is 0.261 e. The van der Waals surface area contributed by atoms with Crippen LogP contribution in [0.25, 0.3) is 0 Å². The molecule has 1 aromatic carbocycles. The first-order valence-corrected chi connectivity index (χ1v) is 12.0. The van der Waals surface area contributed by atoms with E-state index in [1.165, 1.54) is 37.0 Å². The molecule has 3 rings (SSSR count). The van der Waals surface area contributed by atoms with Gasteiger partial charge in [0.2, 0.25) is 0 Å². The van der Waals surface area contributed by atoms with Gasteiger partial charge in [-0.3, -0.25) is 14.5 Å². The maximum atomic E-state index is 12.3. The summed E-state index contributed by atoms with van der Waals surface area (Å²) in [6.07, 6.45) is 13.5. The number of carbonyl (C=O) groups is 2. The molecule has 0 aromatic heterocycles. The van der Waals surface area contributed by atoms with Gasteiger partial charge in [0.05, 0.1) is 24.3 Å². The Bertz CT molecular complexity index is 791. The van der Waals surface area contributed by atoms with E-state index in [9.17, 15) is 14.1 Å². The van der Waals surface area contributed by atoms with Gasteiger partial charge in [0.1, 0.15) is 17.3 Å². The number of fused-ring (bicyclic) bond motifs is 1. The van der Waals surface area contributed by atoms with Crippen molar-refractivity contribution in [2.24, 2.45) is 5.92 Å². The topological polar surface area (TPSA) is 69.7 Å². The number of allylic oxidation sites excluding steroid dienone is 3. The van der Waals surface area contributed by atoms with E-state index in [0.29, 0.717) is 28.6 Å². The molecule has 1 heterocycles. The van der Waals surface area contributed by atoms with Gasteiger partial charge in [0, 0.05) is 0 Å². The van der Waals surface area contributed by atoms with Gasteiger partial charge in [0.15, 0.2) is 0 Å². The fraction of sp³-hybridized carbons (Fsp3) is 0.417. The van der Waals surface area contributed by atoms with E-state index in [2.05, 4.69) is 6.58 Å². The van der Waals surface area contributed by atoms with Crippen molar-refractivity contribution >= 4 is 23.0 Å². The Morgan fingerprint density at radius 2 is 1.83 bits per heavy atom. The van der Waals surface area contributed by atoms with Crippen molar-refractivity contribution in [3.05, 3.63) is 72.0 Å². The summed E-state index contributed by atoms with van der Waals surface area (Å²) in [7, 11) is 0. The van der Waals surface area contributed by atoms with Crippen LogP contribution in [0.2, 0.25) is 0 Å². The van der Waals surface area contributed by atoms with Gasteiger partial charge in [0.25, 0.3) is 11.8 Å². The zero-order chi connectivity index (χ0) is 21.3. The quantitative estimate of drug-likeness (QED) is 0.242. The zero-order valence-electron chi connectivity index (χ0n) is 17.3.